The van der Waals surface area contributed by atoms with Crippen LogP contribution in [0.25, 0.3) is 0 Å². The van der Waals surface area contributed by atoms with Gasteiger partial charge >= 0.3 is 0 Å². The highest BCUT2D eigenvalue weighted by Gasteiger charge is 2.14. The Labute approximate surface area is 127 Å². The fourth-order valence-electron chi connectivity index (χ4n) is 1.92. The van der Waals surface area contributed by atoms with Crippen molar-refractivity contribution in [3.8, 4) is 5.75 Å². The van der Waals surface area contributed by atoms with Crippen LogP contribution in [-0.4, -0.2) is 11.0 Å². The van der Waals surface area contributed by atoms with E-state index in [1.165, 1.54) is 12.1 Å². The van der Waals surface area contributed by atoms with E-state index in [1.807, 2.05) is 26.0 Å². The Bertz CT molecular complexity index is 684. The second-order valence-electron chi connectivity index (χ2n) is 4.56. The smallest absolute Gasteiger partial charge is 0.256 e. The molecule has 20 heavy (non-hydrogen) atoms. The second-order valence-corrected chi connectivity index (χ2v) is 5.40. The molecule has 0 spiro atoms. The second kappa shape index (κ2) is 5.73. The van der Waals surface area contributed by atoms with E-state index in [2.05, 4.69) is 5.32 Å². The molecule has 3 nitrogen and oxygen atoms in total. The van der Waals surface area contributed by atoms with Crippen molar-refractivity contribution in [1.82, 2.24) is 0 Å². The maximum absolute atomic E-state index is 12.2. The van der Waals surface area contributed by atoms with E-state index in [0.717, 1.165) is 11.1 Å². The van der Waals surface area contributed by atoms with E-state index < -0.39 is 0 Å². The van der Waals surface area contributed by atoms with Crippen LogP contribution in [0.5, 0.6) is 5.75 Å². The lowest BCUT2D eigenvalue weighted by atomic mass is 10.1. The molecule has 104 valence electrons. The predicted molar refractivity (Wildman–Crippen MR) is 82.0 cm³/mol. The summed E-state index contributed by atoms with van der Waals surface area (Å²) in [6.45, 7) is 3.81. The van der Waals surface area contributed by atoms with Gasteiger partial charge < -0.3 is 10.4 Å². The van der Waals surface area contributed by atoms with Crippen LogP contribution in [0.3, 0.4) is 0 Å². The summed E-state index contributed by atoms with van der Waals surface area (Å²) in [5.41, 5.74) is 2.65. The van der Waals surface area contributed by atoms with Crippen molar-refractivity contribution < 1.29 is 9.90 Å². The van der Waals surface area contributed by atoms with Gasteiger partial charge in [0.2, 0.25) is 0 Å². The minimum Gasteiger partial charge on any atom is -0.504 e. The molecule has 0 aliphatic carbocycles. The highest BCUT2D eigenvalue weighted by molar-refractivity contribution is 6.36. The van der Waals surface area contributed by atoms with Gasteiger partial charge in [-0.05, 0) is 37.6 Å². The molecular weight excluding hydrogens is 297 g/mol. The van der Waals surface area contributed by atoms with E-state index in [-0.39, 0.29) is 22.4 Å². The normalized spacial score (nSPS) is 10.4. The Morgan fingerprint density at radius 2 is 1.85 bits per heavy atom. The number of carbonyl (C=O) groups excluding carboxylic acids is 1. The number of aromatic hydroxyl groups is 1. The first-order valence-corrected chi connectivity index (χ1v) is 6.70. The Morgan fingerprint density at radius 3 is 2.50 bits per heavy atom. The van der Waals surface area contributed by atoms with Gasteiger partial charge in [-0.15, -0.1) is 0 Å². The fourth-order valence-corrected chi connectivity index (χ4v) is 2.41. The summed E-state index contributed by atoms with van der Waals surface area (Å²) in [7, 11) is 0. The van der Waals surface area contributed by atoms with Gasteiger partial charge in [0.05, 0.1) is 10.7 Å². The summed E-state index contributed by atoms with van der Waals surface area (Å²) in [5, 5.41) is 12.9. The van der Waals surface area contributed by atoms with Crippen molar-refractivity contribution in [3.63, 3.8) is 0 Å². The van der Waals surface area contributed by atoms with Crippen LogP contribution >= 0.6 is 23.2 Å². The van der Waals surface area contributed by atoms with Crippen LogP contribution in [0, 0.1) is 13.8 Å². The van der Waals surface area contributed by atoms with Crippen molar-refractivity contribution in [1.29, 1.82) is 0 Å². The van der Waals surface area contributed by atoms with Crippen LogP contribution in [-0.2, 0) is 0 Å². The Morgan fingerprint density at radius 1 is 1.15 bits per heavy atom. The Balaban J connectivity index is 2.32. The Hall–Kier alpha value is -1.71. The van der Waals surface area contributed by atoms with Crippen molar-refractivity contribution in [3.05, 3.63) is 57.1 Å². The number of anilines is 1. The molecule has 0 unspecified atom stereocenters. The fraction of sp³-hybridized carbons (Fsp3) is 0.133. The number of rotatable bonds is 2. The average molecular weight is 310 g/mol. The van der Waals surface area contributed by atoms with Crippen LogP contribution in [0.1, 0.15) is 21.5 Å². The molecule has 0 fully saturated rings. The first-order chi connectivity index (χ1) is 9.38. The van der Waals surface area contributed by atoms with Crippen LogP contribution in [0.4, 0.5) is 5.69 Å². The summed E-state index contributed by atoms with van der Waals surface area (Å²) < 4.78 is 0. The zero-order valence-corrected chi connectivity index (χ0v) is 12.5. The van der Waals surface area contributed by atoms with Crippen molar-refractivity contribution in [2.45, 2.75) is 13.8 Å². The molecule has 1 amide bonds. The minimum absolute atomic E-state index is 0.0911. The molecule has 0 radical (unpaired) electrons. The number of hydrogen-bond acceptors (Lipinski definition) is 2. The van der Waals surface area contributed by atoms with Gasteiger partial charge in [-0.25, -0.2) is 0 Å². The molecule has 0 saturated heterocycles. The molecule has 0 aliphatic rings. The number of carbonyl (C=O) groups is 1. The van der Waals surface area contributed by atoms with E-state index in [0.29, 0.717) is 10.6 Å². The monoisotopic (exact) mass is 309 g/mol. The zero-order chi connectivity index (χ0) is 14.9. The third kappa shape index (κ3) is 3.06. The molecule has 0 aliphatic heterocycles. The standard InChI is InChI=1S/C15H13Cl2NO2/c1-8-3-4-11(9(2)5-8)15(20)18-13-7-10(16)6-12(17)14(13)19/h3-7,19H,1-2H3,(H,18,20). The SMILES string of the molecule is Cc1ccc(C(=O)Nc2cc(Cl)cc(Cl)c2O)c(C)c1. The molecule has 2 aromatic rings. The number of hydrogen-bond donors (Lipinski definition) is 2. The van der Waals surface area contributed by atoms with Gasteiger partial charge in [0.25, 0.3) is 5.91 Å². The molecule has 2 rings (SSSR count). The molecule has 2 aromatic carbocycles. The number of phenols is 1. The number of halogens is 2. The lowest BCUT2D eigenvalue weighted by molar-refractivity contribution is 0.102. The van der Waals surface area contributed by atoms with Gasteiger partial charge in [0.15, 0.2) is 5.75 Å². The largest absolute Gasteiger partial charge is 0.504 e. The summed E-state index contributed by atoms with van der Waals surface area (Å²) in [6.07, 6.45) is 0. The molecule has 2 N–H and O–H groups in total. The number of phenolic OH excluding ortho intramolecular Hbond substituents is 1. The van der Waals surface area contributed by atoms with Gasteiger partial charge in [0, 0.05) is 10.6 Å². The van der Waals surface area contributed by atoms with Crippen LogP contribution in [0.15, 0.2) is 30.3 Å². The first kappa shape index (κ1) is 14.7. The molecule has 0 heterocycles. The number of benzene rings is 2. The molecule has 0 bridgehead atoms. The first-order valence-electron chi connectivity index (χ1n) is 5.95. The van der Waals surface area contributed by atoms with Gasteiger partial charge in [-0.3, -0.25) is 4.79 Å². The molecule has 0 saturated carbocycles. The van der Waals surface area contributed by atoms with Gasteiger partial charge in [-0.1, -0.05) is 40.9 Å². The highest BCUT2D eigenvalue weighted by Crippen LogP contribution is 2.35. The summed E-state index contributed by atoms with van der Waals surface area (Å²) in [4.78, 5) is 12.2. The predicted octanol–water partition coefficient (Wildman–Crippen LogP) is 4.57. The van der Waals surface area contributed by atoms with Crippen LogP contribution in [0.2, 0.25) is 10.0 Å². The number of aryl methyl sites for hydroxylation is 2. The third-order valence-corrected chi connectivity index (χ3v) is 3.41. The lowest BCUT2D eigenvalue weighted by Crippen LogP contribution is -2.13. The van der Waals surface area contributed by atoms with Crippen molar-refractivity contribution in [2.75, 3.05) is 5.32 Å². The number of amides is 1. The van der Waals surface area contributed by atoms with E-state index in [4.69, 9.17) is 23.2 Å². The average Bonchev–Trinajstić information content (AvgIpc) is 2.35. The Kier molecular flexibility index (Phi) is 4.21. The minimum atomic E-state index is -0.323. The van der Waals surface area contributed by atoms with Crippen molar-refractivity contribution in [2.24, 2.45) is 0 Å². The third-order valence-electron chi connectivity index (χ3n) is 2.90. The van der Waals surface area contributed by atoms with Crippen molar-refractivity contribution >= 4 is 34.8 Å². The molecule has 0 atom stereocenters. The summed E-state index contributed by atoms with van der Waals surface area (Å²) in [6, 6.07) is 8.37. The molecule has 0 aromatic heterocycles. The summed E-state index contributed by atoms with van der Waals surface area (Å²) >= 11 is 11.7. The van der Waals surface area contributed by atoms with Gasteiger partial charge in [0.1, 0.15) is 0 Å². The highest BCUT2D eigenvalue weighted by atomic mass is 35.5. The van der Waals surface area contributed by atoms with E-state index >= 15 is 0 Å². The van der Waals surface area contributed by atoms with Crippen LogP contribution < -0.4 is 5.32 Å². The molecule has 5 heteroatoms. The number of nitrogens with one attached hydrogen (secondary N) is 1. The maximum atomic E-state index is 12.2. The summed E-state index contributed by atoms with van der Waals surface area (Å²) in [5.74, 6) is -0.523. The molecular formula is C15H13Cl2NO2. The quantitative estimate of drug-likeness (QED) is 0.798. The topological polar surface area (TPSA) is 49.3 Å². The zero-order valence-electron chi connectivity index (χ0n) is 11.0. The van der Waals surface area contributed by atoms with E-state index in [9.17, 15) is 9.90 Å². The van der Waals surface area contributed by atoms with E-state index in [1.54, 1.807) is 6.07 Å². The van der Waals surface area contributed by atoms with Gasteiger partial charge in [-0.2, -0.15) is 0 Å². The maximum Gasteiger partial charge on any atom is 0.256 e. The lowest BCUT2D eigenvalue weighted by Gasteiger charge is -2.11.